The number of aromatic nitrogens is 8. The quantitative estimate of drug-likeness (QED) is 0.0484. The molecule has 4 saturated heterocycles. The Hall–Kier alpha value is -8.13. The molecule has 592 valence electrons. The lowest BCUT2D eigenvalue weighted by molar-refractivity contribution is -0.266. The van der Waals surface area contributed by atoms with Gasteiger partial charge in [0.2, 0.25) is 48.7 Å². The van der Waals surface area contributed by atoms with Crippen molar-refractivity contribution in [3.8, 4) is 23.5 Å². The molecule has 4 aliphatic rings. The fourth-order valence-corrected chi connectivity index (χ4v) is 11.6. The minimum Gasteiger partial charge on any atom is -0.443 e. The van der Waals surface area contributed by atoms with Crippen molar-refractivity contribution in [3.05, 3.63) is 187 Å². The Morgan fingerprint density at radius 3 is 1.13 bits per heavy atom. The Kier molecular flexibility index (Phi) is 28.8. The number of nitrogens with one attached hydrogen (secondary N) is 3. The molecule has 0 aliphatic carbocycles. The topological polar surface area (TPSA) is 420 Å². The van der Waals surface area contributed by atoms with Crippen LogP contribution >= 0.6 is 11.6 Å². The van der Waals surface area contributed by atoms with Gasteiger partial charge in [0.15, 0.2) is 24.7 Å². The number of aryl methyl sites for hydroxylation is 3. The Balaban J connectivity index is 0.000000166. The molecule has 0 spiro atoms. The molecule has 4 aromatic heterocycles. The number of rotatable bonds is 20. The van der Waals surface area contributed by atoms with E-state index < -0.39 is 179 Å². The first-order valence-corrected chi connectivity index (χ1v) is 33.6. The summed E-state index contributed by atoms with van der Waals surface area (Å²) in [5.41, 5.74) is 4.91. The molecular formula is C69H79ClF10N8O20. The summed E-state index contributed by atoms with van der Waals surface area (Å²) < 4.78 is 180. The molecule has 15 N–H and O–H groups in total. The van der Waals surface area contributed by atoms with Crippen LogP contribution in [0.2, 0.25) is 5.02 Å². The predicted molar refractivity (Wildman–Crippen MR) is 353 cm³/mol. The maximum atomic E-state index is 13.9. The van der Waals surface area contributed by atoms with Gasteiger partial charge in [-0.2, -0.15) is 13.2 Å². The van der Waals surface area contributed by atoms with Crippen LogP contribution in [-0.4, -0.2) is 251 Å². The summed E-state index contributed by atoms with van der Waals surface area (Å²) in [6, 6.07) is 24.2. The van der Waals surface area contributed by atoms with E-state index in [2.05, 4.69) is 30.6 Å². The molecule has 108 heavy (non-hydrogen) atoms. The van der Waals surface area contributed by atoms with Crippen molar-refractivity contribution in [2.45, 2.75) is 176 Å². The number of hydrogen-bond donors (Lipinski definition) is 15. The maximum Gasteiger partial charge on any atom is 0.433 e. The van der Waals surface area contributed by atoms with E-state index in [4.69, 9.17) is 59.7 Å². The van der Waals surface area contributed by atoms with E-state index in [1.807, 2.05) is 26.0 Å². The van der Waals surface area contributed by atoms with Gasteiger partial charge in [-0.05, 0) is 85.5 Å². The lowest BCUT2D eigenvalue weighted by atomic mass is 10.0. The normalized spacial score (nSPS) is 28.5. The average molecular weight is 1570 g/mol. The van der Waals surface area contributed by atoms with E-state index in [-0.39, 0.29) is 42.1 Å². The number of aliphatic hydroxyl groups excluding tert-OH is 12. The molecular weight excluding hydrogens is 1490 g/mol. The maximum absolute atomic E-state index is 13.9. The fraction of sp³-hybridized carbons (Fsp3) is 0.478. The van der Waals surface area contributed by atoms with Gasteiger partial charge in [-0.1, -0.05) is 66.2 Å². The summed E-state index contributed by atoms with van der Waals surface area (Å²) in [6.07, 6.45) is -37.7. The number of halogens is 11. The minimum absolute atomic E-state index is 0.0380. The molecule has 20 unspecified atom stereocenters. The van der Waals surface area contributed by atoms with Crippen molar-refractivity contribution in [1.29, 1.82) is 0 Å². The van der Waals surface area contributed by atoms with Gasteiger partial charge >= 0.3 is 6.18 Å². The second-order valence-corrected chi connectivity index (χ2v) is 25.8. The summed E-state index contributed by atoms with van der Waals surface area (Å²) in [7, 11) is 1.71. The summed E-state index contributed by atoms with van der Waals surface area (Å²) in [4.78, 5) is 0. The van der Waals surface area contributed by atoms with E-state index in [1.54, 1.807) is 66.2 Å². The summed E-state index contributed by atoms with van der Waals surface area (Å²) in [6.45, 7) is 2.48. The first-order chi connectivity index (χ1) is 51.2. The van der Waals surface area contributed by atoms with Crippen LogP contribution in [0.25, 0.3) is 0 Å². The van der Waals surface area contributed by atoms with Gasteiger partial charge in [0, 0.05) is 71.5 Å². The van der Waals surface area contributed by atoms with Crippen LogP contribution in [0.15, 0.2) is 97.1 Å². The van der Waals surface area contributed by atoms with Gasteiger partial charge in [-0.3, -0.25) is 20.0 Å². The molecule has 39 heteroatoms. The zero-order chi connectivity index (χ0) is 78.7. The smallest absolute Gasteiger partial charge is 0.433 e. The number of aliphatic hydroxyl groups is 12. The van der Waals surface area contributed by atoms with Crippen LogP contribution in [0.1, 0.15) is 67.3 Å². The molecule has 4 aliphatic heterocycles. The Bertz CT molecular complexity index is 4150. The molecule has 28 nitrogen and oxygen atoms in total. The highest BCUT2D eigenvalue weighted by molar-refractivity contribution is 6.30. The zero-order valence-electron chi connectivity index (χ0n) is 57.5. The molecule has 0 radical (unpaired) electrons. The molecule has 12 rings (SSSR count). The molecule has 4 aromatic carbocycles. The van der Waals surface area contributed by atoms with Gasteiger partial charge in [-0.15, -0.1) is 20.4 Å². The van der Waals surface area contributed by atoms with Gasteiger partial charge < -0.3 is 99.2 Å². The van der Waals surface area contributed by atoms with Gasteiger partial charge in [0.1, 0.15) is 96.4 Å². The highest BCUT2D eigenvalue weighted by Gasteiger charge is 2.51. The van der Waals surface area contributed by atoms with Crippen molar-refractivity contribution < 1.29 is 143 Å². The molecule has 0 amide bonds. The highest BCUT2D eigenvalue weighted by Crippen LogP contribution is 2.39. The predicted octanol–water partition coefficient (Wildman–Crippen LogP) is 3.65. The van der Waals surface area contributed by atoms with Gasteiger partial charge in [0.05, 0.1) is 32.0 Å². The standard InChI is InChI=1S/C18H22F2N2O5.C17H20ClFN2O5.C17H17F5N2O5.C17H20F2N2O5/c1-9-12(7-10-3-5-11(19)6-4-10)17(21-22(9)2)27-18-16(25)15(24)14(20)13(8-23)26-18;1-8-11(6-9-2-4-10(18)5-3-9)16(21-20-8)26-17-15(24)14(23)13(19)12(7-22)25-17;18-8-3-1-7(2-4-8)5-9-14(17(20,21)22)23-24-15(9)29-16-13(27)12(26)11(19)10(6-25)28-16;1-8-10(6-9-4-2-3-5-11(9)18)16(21-20-8)26-17-15(24)14(23)13(19)12(7-22)25-17/h3-6,13-16,18,23-25H,7-8H2,1-2H3;2-5,12-15,17,22-24H,6-7H2,1H3,(H,20,21);1-4,10-13,16,25-27H,5-6H2,(H,23,24);2-5,12-15,17,22-24H,6-7H2,1H3,(H,20,21). The number of aromatic amines is 3. The van der Waals surface area contributed by atoms with Crippen molar-refractivity contribution >= 4 is 11.6 Å². The van der Waals surface area contributed by atoms with E-state index in [0.717, 1.165) is 40.2 Å². The van der Waals surface area contributed by atoms with Crippen LogP contribution in [0, 0.1) is 38.2 Å². The second-order valence-electron chi connectivity index (χ2n) is 25.4. The monoisotopic (exact) mass is 1560 g/mol. The van der Waals surface area contributed by atoms with Gasteiger partial charge in [-0.25, -0.2) is 30.7 Å². The third-order valence-electron chi connectivity index (χ3n) is 17.9. The highest BCUT2D eigenvalue weighted by atomic mass is 35.5. The number of nitrogens with zero attached hydrogens (tertiary/aromatic N) is 5. The van der Waals surface area contributed by atoms with E-state index in [1.165, 1.54) is 30.3 Å². The van der Waals surface area contributed by atoms with Crippen LogP contribution < -0.4 is 18.9 Å². The number of ether oxygens (including phenoxy) is 8. The second kappa shape index (κ2) is 37.1. The Morgan fingerprint density at radius 2 is 0.759 bits per heavy atom. The summed E-state index contributed by atoms with van der Waals surface area (Å²) >= 11 is 5.89. The van der Waals surface area contributed by atoms with Crippen LogP contribution in [0.4, 0.5) is 43.9 Å². The molecule has 8 heterocycles. The van der Waals surface area contributed by atoms with Crippen molar-refractivity contribution in [2.75, 3.05) is 26.4 Å². The Labute approximate surface area is 612 Å². The SMILES string of the molecule is Cc1[nH]nc(OC2OC(CO)C(F)C(O)C2O)c1Cc1ccc(Cl)cc1.Cc1[nH]nc(OC2OC(CO)C(F)C(O)C2O)c1Cc1ccccc1F.Cc1c(Cc2ccc(F)cc2)c(OC2OC(CO)C(F)C(O)C2O)nn1C.OCC1OC(Oc2n[nH]c(C(F)(F)F)c2Cc2ccc(F)cc2)C(O)C(O)C1F. The minimum atomic E-state index is -4.83. The summed E-state index contributed by atoms with van der Waals surface area (Å²) in [5.74, 6) is -1.56. The van der Waals surface area contributed by atoms with Crippen LogP contribution in [0.3, 0.4) is 0 Å². The first-order valence-electron chi connectivity index (χ1n) is 33.2. The summed E-state index contributed by atoms with van der Waals surface area (Å²) in [5, 5.41) is 139. The van der Waals surface area contributed by atoms with Crippen molar-refractivity contribution in [2.24, 2.45) is 7.05 Å². The average Bonchev–Trinajstić information content (AvgIpc) is 1.54. The number of alkyl halides is 7. The molecule has 4 fully saturated rings. The van der Waals surface area contributed by atoms with Gasteiger partial charge in [0.25, 0.3) is 0 Å². The molecule has 0 bridgehead atoms. The lowest BCUT2D eigenvalue weighted by Crippen LogP contribution is -2.58. The largest absolute Gasteiger partial charge is 0.443 e. The third kappa shape index (κ3) is 20.1. The molecule has 8 aromatic rings. The van der Waals surface area contributed by atoms with Crippen LogP contribution in [-0.2, 0) is 57.9 Å². The molecule has 0 saturated carbocycles. The Morgan fingerprint density at radius 1 is 0.435 bits per heavy atom. The third-order valence-corrected chi connectivity index (χ3v) is 18.2. The first kappa shape index (κ1) is 83.9. The fourth-order valence-electron chi connectivity index (χ4n) is 11.5. The number of hydrogen-bond acceptors (Lipinski definition) is 24. The van der Waals surface area contributed by atoms with E-state index >= 15 is 0 Å². The van der Waals surface area contributed by atoms with Crippen molar-refractivity contribution in [3.63, 3.8) is 0 Å². The lowest BCUT2D eigenvalue weighted by Gasteiger charge is -2.38. The van der Waals surface area contributed by atoms with Crippen LogP contribution in [0.5, 0.6) is 23.5 Å². The van der Waals surface area contributed by atoms with E-state index in [0.29, 0.717) is 45.8 Å². The number of benzene rings is 4. The van der Waals surface area contributed by atoms with E-state index in [9.17, 15) is 95.0 Å². The number of H-pyrrole nitrogens is 3. The zero-order valence-corrected chi connectivity index (χ0v) is 58.2. The molecule has 20 atom stereocenters. The van der Waals surface area contributed by atoms with Crippen molar-refractivity contribution in [1.82, 2.24) is 40.4 Å².